The van der Waals surface area contributed by atoms with E-state index in [4.69, 9.17) is 11.6 Å². The number of hydrogen-bond donors (Lipinski definition) is 0. The molecule has 1 aliphatic carbocycles. The molecule has 0 unspecified atom stereocenters. The number of halogens is 1. The molecule has 0 spiro atoms. The monoisotopic (exact) mass is 374 g/mol. The van der Waals surface area contributed by atoms with Gasteiger partial charge in [-0.3, -0.25) is 4.79 Å². The highest BCUT2D eigenvalue weighted by atomic mass is 35.5. The van der Waals surface area contributed by atoms with Gasteiger partial charge >= 0.3 is 0 Å². The van der Waals surface area contributed by atoms with Crippen LogP contribution in [-0.2, 0) is 0 Å². The zero-order valence-electron chi connectivity index (χ0n) is 15.1. The number of hydrogen-bond acceptors (Lipinski definition) is 6. The number of nitrogens with zero attached hydrogens (tertiary/aromatic N) is 6. The summed E-state index contributed by atoms with van der Waals surface area (Å²) in [7, 11) is 0. The van der Waals surface area contributed by atoms with E-state index in [1.165, 1.54) is 17.5 Å². The van der Waals surface area contributed by atoms with Crippen molar-refractivity contribution < 1.29 is 0 Å². The summed E-state index contributed by atoms with van der Waals surface area (Å²) < 4.78 is 1.42. The molecule has 4 rings (SSSR count). The van der Waals surface area contributed by atoms with E-state index in [9.17, 15) is 4.79 Å². The highest BCUT2D eigenvalue weighted by molar-refractivity contribution is 6.33. The Morgan fingerprint density at radius 2 is 1.81 bits per heavy atom. The van der Waals surface area contributed by atoms with Crippen LogP contribution in [0.15, 0.2) is 23.4 Å². The van der Waals surface area contributed by atoms with Crippen molar-refractivity contribution in [3.63, 3.8) is 0 Å². The second-order valence-corrected chi connectivity index (χ2v) is 7.61. The largest absolute Gasteiger partial charge is 0.365 e. The molecule has 1 aliphatic heterocycles. The lowest BCUT2D eigenvalue weighted by Crippen LogP contribution is -2.47. The molecule has 2 aliphatic rings. The minimum Gasteiger partial charge on any atom is -0.365 e. The Morgan fingerprint density at radius 3 is 2.46 bits per heavy atom. The first-order chi connectivity index (χ1) is 12.5. The first-order valence-electron chi connectivity index (χ1n) is 9.13. The van der Waals surface area contributed by atoms with Crippen molar-refractivity contribution in [2.45, 2.75) is 38.6 Å². The minimum atomic E-state index is -0.230. The quantitative estimate of drug-likeness (QED) is 0.819. The maximum Gasteiger partial charge on any atom is 0.287 e. The Labute approximate surface area is 157 Å². The van der Waals surface area contributed by atoms with Crippen molar-refractivity contribution in [1.82, 2.24) is 19.7 Å². The summed E-state index contributed by atoms with van der Waals surface area (Å²) in [6.07, 6.45) is 5.84. The van der Waals surface area contributed by atoms with Crippen LogP contribution in [0.1, 0.15) is 44.3 Å². The molecule has 3 heterocycles. The van der Waals surface area contributed by atoms with Crippen LogP contribution in [0, 0.1) is 0 Å². The molecule has 1 saturated carbocycles. The molecule has 2 aromatic rings. The molecular formula is C18H23ClN6O. The first-order valence-corrected chi connectivity index (χ1v) is 9.51. The summed E-state index contributed by atoms with van der Waals surface area (Å²) in [6, 6.07) is 2.11. The van der Waals surface area contributed by atoms with Gasteiger partial charge in [-0.1, -0.05) is 11.6 Å². The van der Waals surface area contributed by atoms with Crippen molar-refractivity contribution in [2.75, 3.05) is 36.0 Å². The van der Waals surface area contributed by atoms with Gasteiger partial charge in [-0.05, 0) is 26.7 Å². The standard InChI is InChI=1S/C18H23ClN6O/c1-12(2)25-18(26)17(19)15(10-22-25)23-5-7-24(8-6-23)16-9-14(13-3-4-13)20-11-21-16/h9-13H,3-8H2,1-2H3. The Balaban J connectivity index is 1.48. The van der Waals surface area contributed by atoms with Crippen LogP contribution in [-0.4, -0.2) is 45.9 Å². The highest BCUT2D eigenvalue weighted by Gasteiger charge is 2.27. The molecule has 2 aromatic heterocycles. The van der Waals surface area contributed by atoms with E-state index < -0.39 is 0 Å². The van der Waals surface area contributed by atoms with Crippen LogP contribution in [0.3, 0.4) is 0 Å². The van der Waals surface area contributed by atoms with Crippen LogP contribution >= 0.6 is 11.6 Å². The molecular weight excluding hydrogens is 352 g/mol. The third kappa shape index (κ3) is 3.28. The smallest absolute Gasteiger partial charge is 0.287 e. The number of aromatic nitrogens is 4. The van der Waals surface area contributed by atoms with Gasteiger partial charge in [0.05, 0.1) is 17.9 Å². The molecule has 0 amide bonds. The van der Waals surface area contributed by atoms with Crippen molar-refractivity contribution in [2.24, 2.45) is 0 Å². The third-order valence-electron chi connectivity index (χ3n) is 5.03. The van der Waals surface area contributed by atoms with Crippen molar-refractivity contribution >= 4 is 23.1 Å². The Morgan fingerprint density at radius 1 is 1.12 bits per heavy atom. The van der Waals surface area contributed by atoms with Gasteiger partial charge in [0.2, 0.25) is 0 Å². The summed E-state index contributed by atoms with van der Waals surface area (Å²) in [6.45, 7) is 7.03. The van der Waals surface area contributed by atoms with Crippen LogP contribution in [0.4, 0.5) is 11.5 Å². The Kier molecular flexibility index (Phi) is 4.56. The van der Waals surface area contributed by atoms with Gasteiger partial charge in [0, 0.05) is 43.9 Å². The molecule has 1 saturated heterocycles. The minimum absolute atomic E-state index is 0.00988. The molecule has 8 heteroatoms. The van der Waals surface area contributed by atoms with Gasteiger partial charge in [0.1, 0.15) is 17.2 Å². The summed E-state index contributed by atoms with van der Waals surface area (Å²) in [5.74, 6) is 1.61. The van der Waals surface area contributed by atoms with E-state index in [2.05, 4.69) is 30.9 Å². The van der Waals surface area contributed by atoms with Gasteiger partial charge in [0.15, 0.2) is 0 Å². The summed E-state index contributed by atoms with van der Waals surface area (Å²) in [5.41, 5.74) is 1.64. The summed E-state index contributed by atoms with van der Waals surface area (Å²) in [4.78, 5) is 25.6. The maximum atomic E-state index is 12.4. The number of rotatable bonds is 4. The second-order valence-electron chi connectivity index (χ2n) is 7.24. The van der Waals surface area contributed by atoms with E-state index in [0.29, 0.717) is 5.92 Å². The predicted molar refractivity (Wildman–Crippen MR) is 102 cm³/mol. The van der Waals surface area contributed by atoms with E-state index in [-0.39, 0.29) is 16.6 Å². The molecule has 0 aromatic carbocycles. The van der Waals surface area contributed by atoms with Gasteiger partial charge in [-0.15, -0.1) is 0 Å². The van der Waals surface area contributed by atoms with E-state index >= 15 is 0 Å². The molecule has 0 N–H and O–H groups in total. The predicted octanol–water partition coefficient (Wildman–Crippen LogP) is 2.47. The second kappa shape index (κ2) is 6.87. The van der Waals surface area contributed by atoms with E-state index in [1.54, 1.807) is 12.5 Å². The van der Waals surface area contributed by atoms with Gasteiger partial charge < -0.3 is 9.80 Å². The molecule has 2 fully saturated rings. The Bertz CT molecular complexity index is 855. The molecule has 0 radical (unpaired) electrons. The molecule has 0 bridgehead atoms. The van der Waals surface area contributed by atoms with E-state index in [0.717, 1.165) is 43.4 Å². The summed E-state index contributed by atoms with van der Waals surface area (Å²) >= 11 is 6.34. The normalized spacial score (nSPS) is 17.8. The fourth-order valence-electron chi connectivity index (χ4n) is 3.34. The Hall–Kier alpha value is -2.15. The zero-order valence-corrected chi connectivity index (χ0v) is 15.9. The van der Waals surface area contributed by atoms with Crippen LogP contribution in [0.25, 0.3) is 0 Å². The zero-order chi connectivity index (χ0) is 18.3. The van der Waals surface area contributed by atoms with Crippen molar-refractivity contribution in [1.29, 1.82) is 0 Å². The van der Waals surface area contributed by atoms with Gasteiger partial charge in [-0.25, -0.2) is 14.6 Å². The lowest BCUT2D eigenvalue weighted by atomic mass is 10.2. The van der Waals surface area contributed by atoms with Crippen LogP contribution in [0.2, 0.25) is 5.02 Å². The fraction of sp³-hybridized carbons (Fsp3) is 0.556. The number of piperazine rings is 1. The summed E-state index contributed by atoms with van der Waals surface area (Å²) in [5, 5.41) is 4.52. The first kappa shape index (κ1) is 17.3. The number of anilines is 2. The average molecular weight is 375 g/mol. The molecule has 7 nitrogen and oxygen atoms in total. The lowest BCUT2D eigenvalue weighted by Gasteiger charge is -2.36. The highest BCUT2D eigenvalue weighted by Crippen LogP contribution is 2.39. The average Bonchev–Trinajstić information content (AvgIpc) is 3.49. The maximum absolute atomic E-state index is 12.4. The van der Waals surface area contributed by atoms with Crippen LogP contribution < -0.4 is 15.4 Å². The third-order valence-corrected chi connectivity index (χ3v) is 5.38. The lowest BCUT2D eigenvalue weighted by molar-refractivity contribution is 0.501. The fourth-order valence-corrected chi connectivity index (χ4v) is 3.59. The van der Waals surface area contributed by atoms with Gasteiger partial charge in [0.25, 0.3) is 5.56 Å². The molecule has 0 atom stereocenters. The van der Waals surface area contributed by atoms with Crippen LogP contribution in [0.5, 0.6) is 0 Å². The van der Waals surface area contributed by atoms with Gasteiger partial charge in [-0.2, -0.15) is 5.10 Å². The molecule has 26 heavy (non-hydrogen) atoms. The van der Waals surface area contributed by atoms with E-state index in [1.807, 2.05) is 13.8 Å². The molecule has 138 valence electrons. The van der Waals surface area contributed by atoms with Crippen molar-refractivity contribution in [3.8, 4) is 0 Å². The SMILES string of the molecule is CC(C)n1ncc(N2CCN(c3cc(C4CC4)ncn3)CC2)c(Cl)c1=O. The topological polar surface area (TPSA) is 67.2 Å². The van der Waals surface area contributed by atoms with Crippen molar-refractivity contribution in [3.05, 3.63) is 39.7 Å².